The number of aromatic nitrogens is 4. The van der Waals surface area contributed by atoms with Crippen LogP contribution in [0.1, 0.15) is 48.0 Å². The van der Waals surface area contributed by atoms with Crippen LogP contribution in [0.15, 0.2) is 21.5 Å². The molecular weight excluding hydrogens is 286 g/mol. The van der Waals surface area contributed by atoms with Gasteiger partial charge in [-0.2, -0.15) is 10.1 Å². The number of hydrogen-bond acceptors (Lipinski definition) is 6. The Hall–Kier alpha value is -2.51. The molecule has 3 heterocycles. The van der Waals surface area contributed by atoms with Crippen LogP contribution in [-0.4, -0.2) is 37.3 Å². The fourth-order valence-corrected chi connectivity index (χ4v) is 2.59. The van der Waals surface area contributed by atoms with E-state index in [0.29, 0.717) is 24.7 Å². The minimum Gasteiger partial charge on any atom is -0.339 e. The Balaban J connectivity index is 1.87. The van der Waals surface area contributed by atoms with Crippen LogP contribution in [0.4, 0.5) is 0 Å². The third-order valence-electron chi connectivity index (χ3n) is 3.78. The van der Waals surface area contributed by atoms with Gasteiger partial charge in [0.15, 0.2) is 5.82 Å². The first-order valence-electron chi connectivity index (χ1n) is 7.28. The minimum atomic E-state index is -0.250. The standard InChI is InChI=1S/C14H17N5O3/c1-3-11-15-13(17-22-11)10-5-4-8-19(10)14(21)9-6-7-12(20)18(2)16-9/h6-7,10H,3-5,8H2,1-2H3/t10-/m0/s1. The molecule has 0 aliphatic carbocycles. The Labute approximate surface area is 126 Å². The minimum absolute atomic E-state index is 0.199. The number of nitrogens with zero attached hydrogens (tertiary/aromatic N) is 5. The second kappa shape index (κ2) is 5.70. The zero-order valence-electron chi connectivity index (χ0n) is 12.5. The normalized spacial score (nSPS) is 17.9. The molecule has 0 bridgehead atoms. The van der Waals surface area contributed by atoms with Crippen LogP contribution in [0, 0.1) is 0 Å². The fraction of sp³-hybridized carbons (Fsp3) is 0.500. The molecule has 3 rings (SSSR count). The Morgan fingerprint density at radius 3 is 2.95 bits per heavy atom. The second-order valence-corrected chi connectivity index (χ2v) is 5.24. The summed E-state index contributed by atoms with van der Waals surface area (Å²) in [5.41, 5.74) is -0.00603. The third-order valence-corrected chi connectivity index (χ3v) is 3.78. The average molecular weight is 303 g/mol. The van der Waals surface area contributed by atoms with Crippen molar-refractivity contribution >= 4 is 5.91 Å². The second-order valence-electron chi connectivity index (χ2n) is 5.24. The van der Waals surface area contributed by atoms with Crippen molar-refractivity contribution in [3.63, 3.8) is 0 Å². The van der Waals surface area contributed by atoms with Gasteiger partial charge in [-0.3, -0.25) is 9.59 Å². The smallest absolute Gasteiger partial charge is 0.274 e. The van der Waals surface area contributed by atoms with Gasteiger partial charge in [0.2, 0.25) is 5.89 Å². The van der Waals surface area contributed by atoms with E-state index < -0.39 is 0 Å². The molecule has 0 radical (unpaired) electrons. The van der Waals surface area contributed by atoms with Crippen LogP contribution in [0.5, 0.6) is 0 Å². The monoisotopic (exact) mass is 303 g/mol. The van der Waals surface area contributed by atoms with Gasteiger partial charge in [-0.15, -0.1) is 0 Å². The highest BCUT2D eigenvalue weighted by molar-refractivity contribution is 5.92. The predicted octanol–water partition coefficient (Wildman–Crippen LogP) is 0.703. The van der Waals surface area contributed by atoms with Gasteiger partial charge in [0.25, 0.3) is 11.5 Å². The maximum absolute atomic E-state index is 12.6. The SMILES string of the molecule is CCc1nc([C@@H]2CCCN2C(=O)c2ccc(=O)n(C)n2)no1. The zero-order chi connectivity index (χ0) is 15.7. The Morgan fingerprint density at radius 1 is 1.45 bits per heavy atom. The van der Waals surface area contributed by atoms with Gasteiger partial charge in [0.05, 0.1) is 6.04 Å². The molecule has 22 heavy (non-hydrogen) atoms. The van der Waals surface area contributed by atoms with Crippen molar-refractivity contribution < 1.29 is 9.32 Å². The Morgan fingerprint density at radius 2 is 2.27 bits per heavy atom. The van der Waals surface area contributed by atoms with Crippen molar-refractivity contribution in [2.75, 3.05) is 6.54 Å². The summed E-state index contributed by atoms with van der Waals surface area (Å²) in [6.07, 6.45) is 2.33. The molecule has 1 fully saturated rings. The van der Waals surface area contributed by atoms with Crippen molar-refractivity contribution in [3.8, 4) is 0 Å². The van der Waals surface area contributed by atoms with Gasteiger partial charge >= 0.3 is 0 Å². The van der Waals surface area contributed by atoms with E-state index >= 15 is 0 Å². The van der Waals surface area contributed by atoms with Crippen LogP contribution < -0.4 is 5.56 Å². The van der Waals surface area contributed by atoms with E-state index in [4.69, 9.17) is 4.52 Å². The molecule has 0 N–H and O–H groups in total. The topological polar surface area (TPSA) is 94.1 Å². The van der Waals surface area contributed by atoms with Crippen LogP contribution in [0.2, 0.25) is 0 Å². The molecule has 2 aromatic rings. The number of hydrogen-bond donors (Lipinski definition) is 0. The quantitative estimate of drug-likeness (QED) is 0.828. The Bertz CT molecular complexity index is 751. The van der Waals surface area contributed by atoms with Crippen molar-refractivity contribution in [1.29, 1.82) is 0 Å². The summed E-state index contributed by atoms with van der Waals surface area (Å²) in [5, 5.41) is 7.99. The summed E-state index contributed by atoms with van der Waals surface area (Å²) in [5.74, 6) is 0.878. The van der Waals surface area contributed by atoms with E-state index in [-0.39, 0.29) is 23.2 Å². The summed E-state index contributed by atoms with van der Waals surface area (Å²) in [4.78, 5) is 30.0. The van der Waals surface area contributed by atoms with Gasteiger partial charge in [0, 0.05) is 26.1 Å². The molecule has 1 saturated heterocycles. The summed E-state index contributed by atoms with van der Waals surface area (Å²) in [6, 6.07) is 2.60. The lowest BCUT2D eigenvalue weighted by molar-refractivity contribution is 0.0719. The van der Waals surface area contributed by atoms with Crippen LogP contribution in [0.3, 0.4) is 0 Å². The molecule has 8 nitrogen and oxygen atoms in total. The van der Waals surface area contributed by atoms with E-state index in [2.05, 4.69) is 15.2 Å². The van der Waals surface area contributed by atoms with Gasteiger partial charge in [-0.1, -0.05) is 12.1 Å². The van der Waals surface area contributed by atoms with Crippen molar-refractivity contribution in [2.24, 2.45) is 7.05 Å². The van der Waals surface area contributed by atoms with Gasteiger partial charge in [0.1, 0.15) is 5.69 Å². The summed E-state index contributed by atoms with van der Waals surface area (Å²) in [6.45, 7) is 2.55. The molecule has 1 aliphatic rings. The van der Waals surface area contributed by atoms with Gasteiger partial charge in [-0.05, 0) is 18.9 Å². The summed E-state index contributed by atoms with van der Waals surface area (Å²) < 4.78 is 6.29. The lowest BCUT2D eigenvalue weighted by atomic mass is 10.2. The number of aryl methyl sites for hydroxylation is 2. The van der Waals surface area contributed by atoms with Crippen molar-refractivity contribution in [3.05, 3.63) is 39.9 Å². The highest BCUT2D eigenvalue weighted by Crippen LogP contribution is 2.31. The molecular formula is C14H17N5O3. The summed E-state index contributed by atoms with van der Waals surface area (Å²) >= 11 is 0. The van der Waals surface area contributed by atoms with Gasteiger partial charge < -0.3 is 9.42 Å². The first-order valence-corrected chi connectivity index (χ1v) is 7.28. The maximum Gasteiger partial charge on any atom is 0.274 e. The number of carbonyl (C=O) groups is 1. The van der Waals surface area contributed by atoms with Crippen LogP contribution in [0.25, 0.3) is 0 Å². The molecule has 1 amide bonds. The van der Waals surface area contributed by atoms with Crippen LogP contribution >= 0.6 is 0 Å². The highest BCUT2D eigenvalue weighted by Gasteiger charge is 2.34. The molecule has 8 heteroatoms. The zero-order valence-corrected chi connectivity index (χ0v) is 12.5. The summed E-state index contributed by atoms with van der Waals surface area (Å²) in [7, 11) is 1.52. The molecule has 0 spiro atoms. The van der Waals surface area contributed by atoms with Gasteiger partial charge in [-0.25, -0.2) is 4.68 Å². The first kappa shape index (κ1) is 14.4. The lowest BCUT2D eigenvalue weighted by Crippen LogP contribution is -2.33. The molecule has 0 saturated carbocycles. The molecule has 0 aromatic carbocycles. The fourth-order valence-electron chi connectivity index (χ4n) is 2.59. The largest absolute Gasteiger partial charge is 0.339 e. The predicted molar refractivity (Wildman–Crippen MR) is 76.2 cm³/mol. The first-order chi connectivity index (χ1) is 10.6. The molecule has 1 aliphatic heterocycles. The maximum atomic E-state index is 12.6. The highest BCUT2D eigenvalue weighted by atomic mass is 16.5. The molecule has 1 atom stereocenters. The van der Waals surface area contributed by atoms with Crippen molar-refractivity contribution in [1.82, 2.24) is 24.8 Å². The Kier molecular flexibility index (Phi) is 3.74. The lowest BCUT2D eigenvalue weighted by Gasteiger charge is -2.21. The molecule has 0 unspecified atom stereocenters. The van der Waals surface area contributed by atoms with E-state index in [9.17, 15) is 9.59 Å². The van der Waals surface area contributed by atoms with E-state index in [0.717, 1.165) is 17.5 Å². The number of amides is 1. The average Bonchev–Trinajstić information content (AvgIpc) is 3.17. The van der Waals surface area contributed by atoms with E-state index in [1.54, 1.807) is 4.90 Å². The van der Waals surface area contributed by atoms with E-state index in [1.165, 1.54) is 19.2 Å². The van der Waals surface area contributed by atoms with E-state index in [1.807, 2.05) is 6.92 Å². The van der Waals surface area contributed by atoms with Crippen LogP contribution in [-0.2, 0) is 13.5 Å². The molecule has 2 aromatic heterocycles. The number of likely N-dealkylation sites (tertiary alicyclic amines) is 1. The third kappa shape index (κ3) is 2.51. The number of rotatable bonds is 3. The number of carbonyl (C=O) groups excluding carboxylic acids is 1. The van der Waals surface area contributed by atoms with Crippen molar-refractivity contribution in [2.45, 2.75) is 32.2 Å². The molecule has 116 valence electrons.